The molecule has 5 nitrogen and oxygen atoms in total. The topological polar surface area (TPSA) is 64.2 Å². The molecule has 88 valence electrons. The maximum absolute atomic E-state index is 12.1. The van der Waals surface area contributed by atoms with Gasteiger partial charge in [0, 0.05) is 31.9 Å². The van der Waals surface area contributed by atoms with Gasteiger partial charge in [-0.3, -0.25) is 4.79 Å². The van der Waals surface area contributed by atoms with Crippen LogP contribution in [-0.4, -0.2) is 39.5 Å². The zero-order valence-electron chi connectivity index (χ0n) is 9.59. The largest absolute Gasteiger partial charge is 0.335 e. The molecule has 2 N–H and O–H groups in total. The number of nitrogens with zero attached hydrogens (tertiary/aromatic N) is 3. The number of nitrogens with two attached hydrogens (primary N) is 1. The van der Waals surface area contributed by atoms with E-state index in [-0.39, 0.29) is 5.91 Å². The summed E-state index contributed by atoms with van der Waals surface area (Å²) in [5.41, 5.74) is 5.98. The van der Waals surface area contributed by atoms with E-state index in [0.717, 1.165) is 19.4 Å². The molecule has 0 aliphatic carbocycles. The van der Waals surface area contributed by atoms with E-state index < -0.39 is 0 Å². The monoisotopic (exact) mass is 222 g/mol. The third-order valence-electron chi connectivity index (χ3n) is 3.05. The quantitative estimate of drug-likeness (QED) is 0.808. The zero-order chi connectivity index (χ0) is 11.5. The van der Waals surface area contributed by atoms with Gasteiger partial charge in [-0.05, 0) is 19.8 Å². The number of rotatable bonds is 3. The number of imidazole rings is 1. The molecule has 1 amide bonds. The van der Waals surface area contributed by atoms with Crippen LogP contribution in [0.1, 0.15) is 30.3 Å². The van der Waals surface area contributed by atoms with Crippen LogP contribution in [0.3, 0.4) is 0 Å². The van der Waals surface area contributed by atoms with Crippen LogP contribution in [0.15, 0.2) is 12.5 Å². The van der Waals surface area contributed by atoms with Crippen LogP contribution in [0.2, 0.25) is 0 Å². The van der Waals surface area contributed by atoms with E-state index in [1.165, 1.54) is 0 Å². The molecular formula is C11H18N4O. The molecule has 1 fully saturated rings. The molecular weight excluding hydrogens is 204 g/mol. The normalized spacial score (nSPS) is 20.4. The van der Waals surface area contributed by atoms with E-state index in [2.05, 4.69) is 11.9 Å². The molecule has 1 aromatic rings. The van der Waals surface area contributed by atoms with Gasteiger partial charge in [0.15, 0.2) is 0 Å². The second-order valence-electron chi connectivity index (χ2n) is 4.28. The first kappa shape index (κ1) is 11.1. The average Bonchev–Trinajstić information content (AvgIpc) is 2.87. The molecule has 5 heteroatoms. The predicted octanol–water partition coefficient (Wildman–Crippen LogP) is 0.466. The lowest BCUT2D eigenvalue weighted by molar-refractivity contribution is 0.0742. The van der Waals surface area contributed by atoms with Crippen LogP contribution < -0.4 is 5.73 Å². The summed E-state index contributed by atoms with van der Waals surface area (Å²) in [6.45, 7) is 4.20. The van der Waals surface area contributed by atoms with Gasteiger partial charge in [0.1, 0.15) is 5.69 Å². The van der Waals surface area contributed by atoms with Crippen molar-refractivity contribution >= 4 is 5.91 Å². The third-order valence-corrected chi connectivity index (χ3v) is 3.05. The summed E-state index contributed by atoms with van der Waals surface area (Å²) < 4.78 is 1.86. The molecule has 2 heterocycles. The van der Waals surface area contributed by atoms with E-state index in [1.807, 2.05) is 9.47 Å². The Balaban J connectivity index is 2.08. The van der Waals surface area contributed by atoms with Crippen LogP contribution in [0.25, 0.3) is 0 Å². The number of carbonyl (C=O) groups is 1. The lowest BCUT2D eigenvalue weighted by Crippen LogP contribution is -2.33. The Bertz CT molecular complexity index is 374. The number of aromatic nitrogens is 2. The SMILES string of the molecule is CC1CCCN1C(=O)c1cn(CCN)cn1. The minimum atomic E-state index is 0.0424. The molecule has 1 unspecified atom stereocenters. The van der Waals surface area contributed by atoms with Crippen molar-refractivity contribution in [1.82, 2.24) is 14.5 Å². The molecule has 2 rings (SSSR count). The van der Waals surface area contributed by atoms with Gasteiger partial charge in [0.2, 0.25) is 0 Å². The van der Waals surface area contributed by atoms with Crippen molar-refractivity contribution < 1.29 is 4.79 Å². The smallest absolute Gasteiger partial charge is 0.274 e. The molecule has 1 saturated heterocycles. The highest BCUT2D eigenvalue weighted by molar-refractivity contribution is 5.92. The van der Waals surface area contributed by atoms with Crippen molar-refractivity contribution in [2.45, 2.75) is 32.4 Å². The van der Waals surface area contributed by atoms with E-state index in [9.17, 15) is 4.79 Å². The van der Waals surface area contributed by atoms with Crippen LogP contribution in [0.5, 0.6) is 0 Å². The molecule has 0 saturated carbocycles. The Morgan fingerprint density at radius 3 is 3.12 bits per heavy atom. The summed E-state index contributed by atoms with van der Waals surface area (Å²) in [6, 6.07) is 0.340. The summed E-state index contributed by atoms with van der Waals surface area (Å²) in [5, 5.41) is 0. The summed E-state index contributed by atoms with van der Waals surface area (Å²) in [7, 11) is 0. The lowest BCUT2D eigenvalue weighted by atomic mass is 10.2. The van der Waals surface area contributed by atoms with Gasteiger partial charge in [0.05, 0.1) is 6.33 Å². The van der Waals surface area contributed by atoms with Gasteiger partial charge in [-0.1, -0.05) is 0 Å². The van der Waals surface area contributed by atoms with E-state index >= 15 is 0 Å². The fourth-order valence-electron chi connectivity index (χ4n) is 2.12. The van der Waals surface area contributed by atoms with Crippen molar-refractivity contribution in [3.05, 3.63) is 18.2 Å². The van der Waals surface area contributed by atoms with Crippen molar-refractivity contribution in [3.8, 4) is 0 Å². The van der Waals surface area contributed by atoms with E-state index in [4.69, 9.17) is 5.73 Å². The van der Waals surface area contributed by atoms with Crippen LogP contribution in [-0.2, 0) is 6.54 Å². The summed E-state index contributed by atoms with van der Waals surface area (Å²) in [6.07, 6.45) is 5.63. The first-order chi connectivity index (χ1) is 7.72. The van der Waals surface area contributed by atoms with Gasteiger partial charge < -0.3 is 15.2 Å². The molecule has 0 aromatic carbocycles. The lowest BCUT2D eigenvalue weighted by Gasteiger charge is -2.19. The molecule has 1 aliphatic heterocycles. The summed E-state index contributed by atoms with van der Waals surface area (Å²) >= 11 is 0. The molecule has 0 spiro atoms. The highest BCUT2D eigenvalue weighted by Crippen LogP contribution is 2.18. The first-order valence-electron chi connectivity index (χ1n) is 5.75. The fraction of sp³-hybridized carbons (Fsp3) is 0.636. The zero-order valence-corrected chi connectivity index (χ0v) is 9.59. The Morgan fingerprint density at radius 1 is 1.69 bits per heavy atom. The second kappa shape index (κ2) is 4.65. The standard InChI is InChI=1S/C11H18N4O/c1-9-3-2-5-15(9)11(16)10-7-14(6-4-12)8-13-10/h7-9H,2-6,12H2,1H3. The van der Waals surface area contributed by atoms with Crippen LogP contribution >= 0.6 is 0 Å². The maximum atomic E-state index is 12.1. The number of likely N-dealkylation sites (tertiary alicyclic amines) is 1. The highest BCUT2D eigenvalue weighted by atomic mass is 16.2. The molecule has 16 heavy (non-hydrogen) atoms. The van der Waals surface area contributed by atoms with Crippen molar-refractivity contribution in [2.75, 3.05) is 13.1 Å². The molecule has 0 bridgehead atoms. The maximum Gasteiger partial charge on any atom is 0.274 e. The fourth-order valence-corrected chi connectivity index (χ4v) is 2.12. The van der Waals surface area contributed by atoms with Crippen molar-refractivity contribution in [1.29, 1.82) is 0 Å². The third kappa shape index (κ3) is 2.09. The predicted molar refractivity (Wildman–Crippen MR) is 61.0 cm³/mol. The first-order valence-corrected chi connectivity index (χ1v) is 5.75. The highest BCUT2D eigenvalue weighted by Gasteiger charge is 2.27. The van der Waals surface area contributed by atoms with Crippen LogP contribution in [0.4, 0.5) is 0 Å². The average molecular weight is 222 g/mol. The van der Waals surface area contributed by atoms with Crippen molar-refractivity contribution in [3.63, 3.8) is 0 Å². The number of hydrogen-bond donors (Lipinski definition) is 1. The minimum Gasteiger partial charge on any atom is -0.335 e. The Hall–Kier alpha value is -1.36. The molecule has 1 aliphatic rings. The number of hydrogen-bond acceptors (Lipinski definition) is 3. The van der Waals surface area contributed by atoms with E-state index in [0.29, 0.717) is 24.8 Å². The Kier molecular flexibility index (Phi) is 3.24. The Morgan fingerprint density at radius 2 is 2.50 bits per heavy atom. The van der Waals surface area contributed by atoms with E-state index in [1.54, 1.807) is 12.5 Å². The molecule has 1 atom stereocenters. The summed E-state index contributed by atoms with van der Waals surface area (Å²) in [5.74, 6) is 0.0424. The van der Waals surface area contributed by atoms with Gasteiger partial charge in [-0.15, -0.1) is 0 Å². The van der Waals surface area contributed by atoms with Gasteiger partial charge >= 0.3 is 0 Å². The van der Waals surface area contributed by atoms with Gasteiger partial charge in [-0.2, -0.15) is 0 Å². The second-order valence-corrected chi connectivity index (χ2v) is 4.28. The minimum absolute atomic E-state index is 0.0424. The molecule has 0 radical (unpaired) electrons. The van der Waals surface area contributed by atoms with Gasteiger partial charge in [0.25, 0.3) is 5.91 Å². The van der Waals surface area contributed by atoms with Gasteiger partial charge in [-0.25, -0.2) is 4.98 Å². The summed E-state index contributed by atoms with van der Waals surface area (Å²) in [4.78, 5) is 18.1. The Labute approximate surface area is 95.2 Å². The molecule has 1 aromatic heterocycles. The number of carbonyl (C=O) groups excluding carboxylic acids is 1. The van der Waals surface area contributed by atoms with Crippen molar-refractivity contribution in [2.24, 2.45) is 5.73 Å². The van der Waals surface area contributed by atoms with Crippen LogP contribution in [0, 0.1) is 0 Å². The number of amides is 1.